The van der Waals surface area contributed by atoms with Gasteiger partial charge in [0.1, 0.15) is 6.61 Å². The van der Waals surface area contributed by atoms with Crippen molar-refractivity contribution in [3.8, 4) is 11.1 Å². The number of ether oxygens (including phenoxy) is 1. The number of aromatic nitrogens is 2. The Morgan fingerprint density at radius 1 is 1.13 bits per heavy atom. The summed E-state index contributed by atoms with van der Waals surface area (Å²) < 4.78 is 7.46. The summed E-state index contributed by atoms with van der Waals surface area (Å²) in [4.78, 5) is 27.7. The third-order valence-electron chi connectivity index (χ3n) is 5.74. The van der Waals surface area contributed by atoms with Crippen LogP contribution in [0.3, 0.4) is 0 Å². The number of carbonyl (C=O) groups is 2. The van der Waals surface area contributed by atoms with E-state index >= 15 is 0 Å². The van der Waals surface area contributed by atoms with Crippen molar-refractivity contribution in [2.45, 2.75) is 31.2 Å². The van der Waals surface area contributed by atoms with Crippen molar-refractivity contribution < 1.29 is 19.4 Å². The zero-order valence-electron chi connectivity index (χ0n) is 17.3. The lowest BCUT2D eigenvalue weighted by molar-refractivity contribution is -0.137. The monoisotopic (exact) mass is 419 g/mol. The summed E-state index contributed by atoms with van der Waals surface area (Å²) in [5.74, 6) is -0.919. The van der Waals surface area contributed by atoms with Gasteiger partial charge in [-0.3, -0.25) is 4.79 Å². The maximum absolute atomic E-state index is 12.6. The molecule has 7 heteroatoms. The summed E-state index contributed by atoms with van der Waals surface area (Å²) in [7, 11) is 1.86. The minimum atomic E-state index is -0.899. The van der Waals surface area contributed by atoms with E-state index in [9.17, 15) is 9.59 Å². The lowest BCUT2D eigenvalue weighted by atomic mass is 9.98. The van der Waals surface area contributed by atoms with Crippen molar-refractivity contribution in [3.63, 3.8) is 0 Å². The molecular formula is C24H25N3O4. The first-order valence-electron chi connectivity index (χ1n) is 10.3. The number of carboxylic acids is 1. The normalized spacial score (nSPS) is 13.3. The lowest BCUT2D eigenvalue weighted by Gasteiger charge is -2.20. The zero-order valence-corrected chi connectivity index (χ0v) is 17.3. The molecule has 0 saturated carbocycles. The van der Waals surface area contributed by atoms with Crippen LogP contribution in [0, 0.1) is 0 Å². The number of hydrogen-bond donors (Lipinski definition) is 2. The first-order valence-corrected chi connectivity index (χ1v) is 10.3. The van der Waals surface area contributed by atoms with Gasteiger partial charge >= 0.3 is 12.1 Å². The summed E-state index contributed by atoms with van der Waals surface area (Å²) in [6.07, 6.45) is 3.61. The van der Waals surface area contributed by atoms with Gasteiger partial charge in [-0.05, 0) is 28.7 Å². The van der Waals surface area contributed by atoms with Crippen molar-refractivity contribution in [2.75, 3.05) is 6.61 Å². The molecule has 1 aliphatic rings. The van der Waals surface area contributed by atoms with E-state index in [4.69, 9.17) is 9.84 Å². The van der Waals surface area contributed by atoms with Gasteiger partial charge in [-0.1, -0.05) is 48.5 Å². The number of benzene rings is 2. The number of amides is 1. The third-order valence-corrected chi connectivity index (χ3v) is 5.74. The largest absolute Gasteiger partial charge is 0.481 e. The highest BCUT2D eigenvalue weighted by atomic mass is 16.5. The van der Waals surface area contributed by atoms with Crippen LogP contribution in [0.5, 0.6) is 0 Å². The van der Waals surface area contributed by atoms with Crippen LogP contribution >= 0.6 is 0 Å². The fourth-order valence-corrected chi connectivity index (χ4v) is 4.16. The van der Waals surface area contributed by atoms with Crippen molar-refractivity contribution in [3.05, 3.63) is 77.9 Å². The molecule has 160 valence electrons. The van der Waals surface area contributed by atoms with E-state index in [-0.39, 0.29) is 25.0 Å². The molecule has 31 heavy (non-hydrogen) atoms. The molecule has 1 aliphatic carbocycles. The highest BCUT2D eigenvalue weighted by Gasteiger charge is 2.29. The number of nitrogens with zero attached hydrogens (tertiary/aromatic N) is 2. The van der Waals surface area contributed by atoms with E-state index in [1.54, 1.807) is 12.5 Å². The first-order chi connectivity index (χ1) is 15.0. The molecule has 7 nitrogen and oxygen atoms in total. The van der Waals surface area contributed by atoms with Gasteiger partial charge in [0.05, 0.1) is 6.33 Å². The Morgan fingerprint density at radius 3 is 2.35 bits per heavy atom. The summed E-state index contributed by atoms with van der Waals surface area (Å²) in [6, 6.07) is 16.0. The van der Waals surface area contributed by atoms with Gasteiger partial charge in [-0.25, -0.2) is 9.78 Å². The summed E-state index contributed by atoms with van der Waals surface area (Å²) >= 11 is 0. The second-order valence-electron chi connectivity index (χ2n) is 7.80. The fraction of sp³-hybridized carbons (Fsp3) is 0.292. The number of aliphatic carboxylic acids is 1. The molecular weight excluding hydrogens is 394 g/mol. The SMILES string of the molecule is Cn1cncc1CC(CCC(=O)O)NC(=O)OCC1c2ccccc2-c2ccccc21. The van der Waals surface area contributed by atoms with E-state index in [2.05, 4.69) is 34.6 Å². The molecule has 1 aromatic heterocycles. The number of aryl methyl sites for hydroxylation is 1. The maximum atomic E-state index is 12.6. The molecule has 0 radical (unpaired) electrons. The Labute approximate surface area is 180 Å². The number of hydrogen-bond acceptors (Lipinski definition) is 4. The molecule has 2 N–H and O–H groups in total. The van der Waals surface area contributed by atoms with Crippen LogP contribution in [-0.2, 0) is 23.0 Å². The highest BCUT2D eigenvalue weighted by Crippen LogP contribution is 2.44. The molecule has 2 aromatic carbocycles. The molecule has 0 saturated heterocycles. The first kappa shape index (κ1) is 20.7. The number of imidazole rings is 1. The van der Waals surface area contributed by atoms with Crippen LogP contribution in [0.15, 0.2) is 61.1 Å². The standard InChI is InChI=1S/C24H25N3O4/c1-27-15-25-13-17(27)12-16(10-11-23(28)29)26-24(30)31-14-22-20-8-4-2-6-18(20)19-7-3-5-9-21(19)22/h2-9,13,15-16,22H,10-12,14H2,1H3,(H,26,30)(H,28,29). The second kappa shape index (κ2) is 9.04. The molecule has 3 aromatic rings. The number of rotatable bonds is 8. The second-order valence-corrected chi connectivity index (χ2v) is 7.80. The molecule has 0 spiro atoms. The summed E-state index contributed by atoms with van der Waals surface area (Å²) in [5, 5.41) is 11.9. The van der Waals surface area contributed by atoms with E-state index in [0.717, 1.165) is 16.8 Å². The molecule has 1 unspecified atom stereocenters. The summed E-state index contributed by atoms with van der Waals surface area (Å²) in [6.45, 7) is 0.219. The number of alkyl carbamates (subject to hydrolysis) is 1. The Kier molecular flexibility index (Phi) is 6.02. The summed E-state index contributed by atoms with van der Waals surface area (Å²) in [5.41, 5.74) is 5.54. The van der Waals surface area contributed by atoms with E-state index in [0.29, 0.717) is 12.8 Å². The van der Waals surface area contributed by atoms with Crippen molar-refractivity contribution in [1.82, 2.24) is 14.9 Å². The Hall–Kier alpha value is -3.61. The Bertz CT molecular complexity index is 1050. The molecule has 4 rings (SSSR count). The third kappa shape index (κ3) is 4.60. The molecule has 0 aliphatic heterocycles. The fourth-order valence-electron chi connectivity index (χ4n) is 4.16. The van der Waals surface area contributed by atoms with Crippen LogP contribution < -0.4 is 5.32 Å². The quantitative estimate of drug-likeness (QED) is 0.580. The van der Waals surface area contributed by atoms with Gasteiger partial charge in [0.15, 0.2) is 0 Å². The van der Waals surface area contributed by atoms with E-state index in [1.807, 2.05) is 35.9 Å². The molecule has 1 amide bonds. The van der Waals surface area contributed by atoms with Gasteiger partial charge in [-0.2, -0.15) is 0 Å². The number of carboxylic acid groups (broad SMARTS) is 1. The van der Waals surface area contributed by atoms with Crippen LogP contribution in [-0.4, -0.2) is 39.4 Å². The topological polar surface area (TPSA) is 93.5 Å². The lowest BCUT2D eigenvalue weighted by Crippen LogP contribution is -2.38. The van der Waals surface area contributed by atoms with Crippen molar-refractivity contribution in [1.29, 1.82) is 0 Å². The van der Waals surface area contributed by atoms with E-state index < -0.39 is 12.1 Å². The molecule has 0 bridgehead atoms. The Morgan fingerprint density at radius 2 is 1.77 bits per heavy atom. The van der Waals surface area contributed by atoms with Crippen LogP contribution in [0.1, 0.15) is 35.6 Å². The van der Waals surface area contributed by atoms with E-state index in [1.165, 1.54) is 11.1 Å². The average molecular weight is 419 g/mol. The van der Waals surface area contributed by atoms with Crippen molar-refractivity contribution >= 4 is 12.1 Å². The van der Waals surface area contributed by atoms with Gasteiger partial charge in [-0.15, -0.1) is 0 Å². The van der Waals surface area contributed by atoms with Gasteiger partial charge < -0.3 is 19.7 Å². The maximum Gasteiger partial charge on any atom is 0.407 e. The highest BCUT2D eigenvalue weighted by molar-refractivity contribution is 5.79. The predicted octanol–water partition coefficient (Wildman–Crippen LogP) is 3.73. The molecule has 1 heterocycles. The van der Waals surface area contributed by atoms with Crippen LogP contribution in [0.4, 0.5) is 4.79 Å². The minimum Gasteiger partial charge on any atom is -0.481 e. The van der Waals surface area contributed by atoms with Gasteiger partial charge in [0, 0.05) is 43.7 Å². The molecule has 1 atom stereocenters. The smallest absolute Gasteiger partial charge is 0.407 e. The molecule has 0 fully saturated rings. The van der Waals surface area contributed by atoms with Gasteiger partial charge in [0.2, 0.25) is 0 Å². The van der Waals surface area contributed by atoms with Gasteiger partial charge in [0.25, 0.3) is 0 Å². The predicted molar refractivity (Wildman–Crippen MR) is 116 cm³/mol. The number of fused-ring (bicyclic) bond motifs is 3. The van der Waals surface area contributed by atoms with Crippen LogP contribution in [0.25, 0.3) is 11.1 Å². The average Bonchev–Trinajstić information content (AvgIpc) is 3.31. The number of carbonyl (C=O) groups excluding carboxylic acids is 1. The van der Waals surface area contributed by atoms with Crippen LogP contribution in [0.2, 0.25) is 0 Å². The Balaban J connectivity index is 1.42. The number of nitrogens with one attached hydrogen (secondary N) is 1. The zero-order chi connectivity index (χ0) is 21.8. The minimum absolute atomic E-state index is 0.0207. The van der Waals surface area contributed by atoms with Crippen molar-refractivity contribution in [2.24, 2.45) is 7.05 Å².